The van der Waals surface area contributed by atoms with E-state index in [1.165, 1.54) is 22.2 Å². The highest BCUT2D eigenvalue weighted by Crippen LogP contribution is 2.36. The first-order valence-corrected chi connectivity index (χ1v) is 8.73. The minimum atomic E-state index is -4.45. The van der Waals surface area contributed by atoms with Crippen molar-refractivity contribution in [2.45, 2.75) is 29.3 Å². The van der Waals surface area contributed by atoms with Crippen LogP contribution < -0.4 is 5.32 Å². The van der Waals surface area contributed by atoms with Crippen molar-refractivity contribution < 1.29 is 18.0 Å². The van der Waals surface area contributed by atoms with Crippen molar-refractivity contribution in [1.29, 1.82) is 0 Å². The number of nitrogens with zero attached hydrogens (tertiary/aromatic N) is 3. The van der Waals surface area contributed by atoms with Gasteiger partial charge in [-0.3, -0.25) is 9.20 Å². The van der Waals surface area contributed by atoms with Gasteiger partial charge in [0.2, 0.25) is 5.91 Å². The van der Waals surface area contributed by atoms with Crippen molar-refractivity contribution in [2.24, 2.45) is 0 Å². The number of amides is 1. The molecule has 1 aliphatic heterocycles. The van der Waals surface area contributed by atoms with Gasteiger partial charge in [-0.15, -0.1) is 22.0 Å². The molecule has 26 heavy (non-hydrogen) atoms. The average Bonchev–Trinajstić information content (AvgIpc) is 3.22. The highest BCUT2D eigenvalue weighted by Gasteiger charge is 2.31. The number of rotatable bonds is 3. The number of aromatic nitrogens is 3. The zero-order valence-corrected chi connectivity index (χ0v) is 14.1. The van der Waals surface area contributed by atoms with Crippen molar-refractivity contribution in [3.63, 3.8) is 0 Å². The predicted molar refractivity (Wildman–Crippen MR) is 89.6 cm³/mol. The van der Waals surface area contributed by atoms with Crippen LogP contribution in [0.25, 0.3) is 5.65 Å². The van der Waals surface area contributed by atoms with Crippen LogP contribution in [0, 0.1) is 0 Å². The van der Waals surface area contributed by atoms with E-state index < -0.39 is 11.7 Å². The largest absolute Gasteiger partial charge is 0.417 e. The molecule has 1 N–H and O–H groups in total. The predicted octanol–water partition coefficient (Wildman–Crippen LogP) is 3.08. The fourth-order valence-corrected chi connectivity index (χ4v) is 4.05. The molecular formula is C17H13F3N4OS. The Morgan fingerprint density at radius 3 is 2.81 bits per heavy atom. The summed E-state index contributed by atoms with van der Waals surface area (Å²) in [6.07, 6.45) is -2.88. The molecule has 4 rings (SSSR count). The van der Waals surface area contributed by atoms with E-state index in [9.17, 15) is 18.0 Å². The minimum Gasteiger partial charge on any atom is -0.348 e. The number of benzene rings is 1. The van der Waals surface area contributed by atoms with Crippen LogP contribution in [0.15, 0.2) is 47.5 Å². The van der Waals surface area contributed by atoms with Crippen molar-refractivity contribution >= 4 is 23.3 Å². The summed E-state index contributed by atoms with van der Waals surface area (Å²) in [7, 11) is 0. The summed E-state index contributed by atoms with van der Waals surface area (Å²) in [5.41, 5.74) is 0.629. The highest BCUT2D eigenvalue weighted by atomic mass is 32.2. The molecule has 1 aliphatic rings. The van der Waals surface area contributed by atoms with Crippen molar-refractivity contribution in [2.75, 3.05) is 0 Å². The second-order valence-corrected chi connectivity index (χ2v) is 7.14. The zero-order chi connectivity index (χ0) is 18.3. The van der Waals surface area contributed by atoms with E-state index in [2.05, 4.69) is 15.5 Å². The SMILES string of the molecule is O=C(NCc1nnc2ccc(C(F)(F)F)cn12)C1Cc2ccccc2S1. The molecule has 1 amide bonds. The van der Waals surface area contributed by atoms with Crippen molar-refractivity contribution in [3.8, 4) is 0 Å². The molecule has 134 valence electrons. The van der Waals surface area contributed by atoms with Gasteiger partial charge in [-0.2, -0.15) is 13.2 Å². The van der Waals surface area contributed by atoms with Crippen LogP contribution >= 0.6 is 11.8 Å². The van der Waals surface area contributed by atoms with Gasteiger partial charge < -0.3 is 5.32 Å². The van der Waals surface area contributed by atoms with Gasteiger partial charge in [-0.1, -0.05) is 18.2 Å². The zero-order valence-electron chi connectivity index (χ0n) is 13.3. The quantitative estimate of drug-likeness (QED) is 0.761. The summed E-state index contributed by atoms with van der Waals surface area (Å²) in [6, 6.07) is 10.0. The molecule has 0 saturated carbocycles. The smallest absolute Gasteiger partial charge is 0.348 e. The van der Waals surface area contributed by atoms with E-state index in [0.717, 1.165) is 22.7 Å². The van der Waals surface area contributed by atoms with Crippen LogP contribution in [0.3, 0.4) is 0 Å². The highest BCUT2D eigenvalue weighted by molar-refractivity contribution is 8.01. The molecule has 2 aromatic heterocycles. The van der Waals surface area contributed by atoms with Crippen LogP contribution in [0.5, 0.6) is 0 Å². The van der Waals surface area contributed by atoms with Crippen LogP contribution in [0.1, 0.15) is 17.0 Å². The van der Waals surface area contributed by atoms with Gasteiger partial charge in [-0.25, -0.2) is 0 Å². The molecule has 3 heterocycles. The number of nitrogens with one attached hydrogen (secondary N) is 1. The lowest BCUT2D eigenvalue weighted by Crippen LogP contribution is -2.32. The number of carbonyl (C=O) groups excluding carboxylic acids is 1. The first kappa shape index (κ1) is 16.9. The number of hydrogen-bond acceptors (Lipinski definition) is 4. The van der Waals surface area contributed by atoms with E-state index in [0.29, 0.717) is 12.1 Å². The van der Waals surface area contributed by atoms with Gasteiger partial charge in [0.15, 0.2) is 11.5 Å². The molecule has 0 fully saturated rings. The Hall–Kier alpha value is -2.55. The molecular weight excluding hydrogens is 365 g/mol. The summed E-state index contributed by atoms with van der Waals surface area (Å²) in [5.74, 6) is 0.0786. The molecule has 0 radical (unpaired) electrons. The third-order valence-electron chi connectivity index (χ3n) is 4.16. The molecule has 1 atom stereocenters. The summed E-state index contributed by atoms with van der Waals surface area (Å²) in [5, 5.41) is 10.2. The Morgan fingerprint density at radius 1 is 1.23 bits per heavy atom. The van der Waals surface area contributed by atoms with E-state index >= 15 is 0 Å². The van der Waals surface area contributed by atoms with Gasteiger partial charge in [0.25, 0.3) is 0 Å². The summed E-state index contributed by atoms with van der Waals surface area (Å²) in [6.45, 7) is 0.00865. The van der Waals surface area contributed by atoms with Crippen LogP contribution in [-0.2, 0) is 23.9 Å². The lowest BCUT2D eigenvalue weighted by Gasteiger charge is -2.10. The second kappa shape index (κ2) is 6.31. The van der Waals surface area contributed by atoms with Gasteiger partial charge in [0.05, 0.1) is 17.4 Å². The molecule has 5 nitrogen and oxygen atoms in total. The Kier molecular flexibility index (Phi) is 4.10. The number of fused-ring (bicyclic) bond motifs is 2. The van der Waals surface area contributed by atoms with Gasteiger partial charge >= 0.3 is 6.18 Å². The Bertz CT molecular complexity index is 961. The number of halogens is 3. The third kappa shape index (κ3) is 3.14. The van der Waals surface area contributed by atoms with Gasteiger partial charge in [-0.05, 0) is 30.2 Å². The fourth-order valence-electron chi connectivity index (χ4n) is 2.83. The molecule has 1 aromatic carbocycles. The molecule has 0 spiro atoms. The number of pyridine rings is 1. The number of carbonyl (C=O) groups is 1. The summed E-state index contributed by atoms with van der Waals surface area (Å²) >= 11 is 1.49. The number of alkyl halides is 3. The first-order valence-electron chi connectivity index (χ1n) is 7.85. The normalized spacial score (nSPS) is 16.7. The summed E-state index contributed by atoms with van der Waals surface area (Å²) in [4.78, 5) is 13.5. The fraction of sp³-hybridized carbons (Fsp3) is 0.235. The monoisotopic (exact) mass is 378 g/mol. The maximum atomic E-state index is 12.9. The lowest BCUT2D eigenvalue weighted by molar-refractivity contribution is -0.137. The van der Waals surface area contributed by atoms with Crippen LogP contribution in [0.4, 0.5) is 13.2 Å². The Morgan fingerprint density at radius 2 is 2.04 bits per heavy atom. The molecule has 3 aromatic rings. The van der Waals surface area contributed by atoms with E-state index in [1.54, 1.807) is 0 Å². The molecule has 0 saturated heterocycles. The average molecular weight is 378 g/mol. The molecule has 1 unspecified atom stereocenters. The Labute approximate surface area is 150 Å². The van der Waals surface area contributed by atoms with Crippen LogP contribution in [-0.4, -0.2) is 25.8 Å². The molecule has 0 bridgehead atoms. The number of hydrogen-bond donors (Lipinski definition) is 1. The minimum absolute atomic E-state index is 0.00865. The standard InChI is InChI=1S/C17H13F3N4OS/c18-17(19,20)11-5-6-14-22-23-15(24(14)9-11)8-21-16(25)13-7-10-3-1-2-4-12(10)26-13/h1-6,9,13H,7-8H2,(H,21,25). The van der Waals surface area contributed by atoms with E-state index in [-0.39, 0.29) is 23.5 Å². The molecule has 9 heteroatoms. The maximum absolute atomic E-state index is 12.9. The summed E-state index contributed by atoms with van der Waals surface area (Å²) < 4.78 is 39.9. The van der Waals surface area contributed by atoms with Gasteiger partial charge in [0.1, 0.15) is 0 Å². The van der Waals surface area contributed by atoms with E-state index in [4.69, 9.17) is 0 Å². The topological polar surface area (TPSA) is 59.3 Å². The van der Waals surface area contributed by atoms with Gasteiger partial charge in [0, 0.05) is 11.1 Å². The first-order chi connectivity index (χ1) is 12.4. The lowest BCUT2D eigenvalue weighted by atomic mass is 10.1. The maximum Gasteiger partial charge on any atom is 0.417 e. The van der Waals surface area contributed by atoms with Crippen LogP contribution in [0.2, 0.25) is 0 Å². The van der Waals surface area contributed by atoms with E-state index in [1.807, 2.05) is 24.3 Å². The third-order valence-corrected chi connectivity index (χ3v) is 5.48. The van der Waals surface area contributed by atoms with Crippen molar-refractivity contribution in [3.05, 3.63) is 59.5 Å². The number of thioether (sulfide) groups is 1. The molecule has 0 aliphatic carbocycles. The Balaban J connectivity index is 1.47. The second-order valence-electron chi connectivity index (χ2n) is 5.90. The van der Waals surface area contributed by atoms with Crippen molar-refractivity contribution in [1.82, 2.24) is 19.9 Å².